The monoisotopic (exact) mass is 340 g/mol. The Hall–Kier alpha value is -3.02. The van der Waals surface area contributed by atoms with Gasteiger partial charge in [-0.3, -0.25) is 9.59 Å². The van der Waals surface area contributed by atoms with Crippen molar-refractivity contribution in [1.82, 2.24) is 0 Å². The fourth-order valence-electron chi connectivity index (χ4n) is 2.34. The first-order valence-electron chi connectivity index (χ1n) is 8.14. The molecule has 130 valence electrons. The molecule has 1 fully saturated rings. The normalized spacial score (nSPS) is 13.2. The molecule has 1 saturated carbocycles. The van der Waals surface area contributed by atoms with Gasteiger partial charge < -0.3 is 20.5 Å². The van der Waals surface area contributed by atoms with Crippen molar-refractivity contribution < 1.29 is 19.4 Å². The molecule has 25 heavy (non-hydrogen) atoms. The molecule has 0 atom stereocenters. The van der Waals surface area contributed by atoms with Crippen molar-refractivity contribution in [1.29, 1.82) is 0 Å². The number of carbonyl (C=O) groups is 2. The number of amides is 2. The molecule has 0 saturated heterocycles. The van der Waals surface area contributed by atoms with E-state index >= 15 is 0 Å². The van der Waals surface area contributed by atoms with E-state index in [4.69, 9.17) is 4.74 Å². The number of aromatic hydroxyl groups is 1. The van der Waals surface area contributed by atoms with E-state index in [1.807, 2.05) is 6.92 Å². The maximum Gasteiger partial charge on any atom is 0.262 e. The molecule has 1 aliphatic rings. The van der Waals surface area contributed by atoms with E-state index in [1.54, 1.807) is 36.4 Å². The Kier molecular flexibility index (Phi) is 4.88. The third-order valence-corrected chi connectivity index (χ3v) is 3.85. The quantitative estimate of drug-likeness (QED) is 0.705. The summed E-state index contributed by atoms with van der Waals surface area (Å²) in [5, 5.41) is 15.2. The lowest BCUT2D eigenvalue weighted by Gasteiger charge is -2.10. The molecule has 0 unspecified atom stereocenters. The lowest BCUT2D eigenvalue weighted by molar-refractivity contribution is -0.118. The molecule has 0 aliphatic heterocycles. The first kappa shape index (κ1) is 16.8. The Morgan fingerprint density at radius 3 is 2.72 bits per heavy atom. The van der Waals surface area contributed by atoms with Crippen molar-refractivity contribution in [3.05, 3.63) is 48.0 Å². The number of aryl methyl sites for hydroxylation is 1. The minimum atomic E-state index is -0.381. The van der Waals surface area contributed by atoms with Gasteiger partial charge in [0, 0.05) is 17.7 Å². The van der Waals surface area contributed by atoms with Crippen LogP contribution in [0.3, 0.4) is 0 Å². The standard InChI is InChI=1S/C19H20N2O4/c1-12-5-8-17(22)16(9-12)21-18(23)11-25-15-4-2-3-14(10-15)20-19(24)13-6-7-13/h2-5,8-10,13,22H,6-7,11H2,1H3,(H,20,24)(H,21,23). The van der Waals surface area contributed by atoms with Crippen molar-refractivity contribution in [2.24, 2.45) is 5.92 Å². The molecule has 3 rings (SSSR count). The van der Waals surface area contributed by atoms with Gasteiger partial charge in [-0.15, -0.1) is 0 Å². The summed E-state index contributed by atoms with van der Waals surface area (Å²) in [6.45, 7) is 1.67. The number of ether oxygens (including phenoxy) is 1. The smallest absolute Gasteiger partial charge is 0.262 e. The van der Waals surface area contributed by atoms with E-state index < -0.39 is 0 Å². The van der Waals surface area contributed by atoms with Gasteiger partial charge >= 0.3 is 0 Å². The average Bonchev–Trinajstić information content (AvgIpc) is 3.42. The highest BCUT2D eigenvalue weighted by Crippen LogP contribution is 2.30. The topological polar surface area (TPSA) is 87.7 Å². The highest BCUT2D eigenvalue weighted by atomic mass is 16.5. The van der Waals surface area contributed by atoms with Crippen LogP contribution in [-0.2, 0) is 9.59 Å². The number of benzene rings is 2. The van der Waals surface area contributed by atoms with E-state index in [2.05, 4.69) is 10.6 Å². The first-order valence-corrected chi connectivity index (χ1v) is 8.14. The Labute approximate surface area is 145 Å². The van der Waals surface area contributed by atoms with E-state index in [9.17, 15) is 14.7 Å². The number of nitrogens with one attached hydrogen (secondary N) is 2. The zero-order valence-corrected chi connectivity index (χ0v) is 13.9. The number of hydrogen-bond acceptors (Lipinski definition) is 4. The molecule has 6 heteroatoms. The summed E-state index contributed by atoms with van der Waals surface area (Å²) >= 11 is 0. The van der Waals surface area contributed by atoms with E-state index in [1.165, 1.54) is 6.07 Å². The van der Waals surface area contributed by atoms with Gasteiger partial charge in [-0.1, -0.05) is 12.1 Å². The third kappa shape index (κ3) is 4.73. The molecule has 2 aromatic rings. The van der Waals surface area contributed by atoms with Crippen molar-refractivity contribution in [3.63, 3.8) is 0 Å². The molecule has 2 amide bonds. The van der Waals surface area contributed by atoms with Crippen LogP contribution in [0.4, 0.5) is 11.4 Å². The average molecular weight is 340 g/mol. The second-order valence-corrected chi connectivity index (χ2v) is 6.15. The first-order chi connectivity index (χ1) is 12.0. The maximum atomic E-state index is 12.0. The molecular weight excluding hydrogens is 320 g/mol. The summed E-state index contributed by atoms with van der Waals surface area (Å²) in [6.07, 6.45) is 1.88. The molecule has 2 aromatic carbocycles. The Balaban J connectivity index is 1.54. The van der Waals surface area contributed by atoms with Gasteiger partial charge in [-0.05, 0) is 49.6 Å². The molecule has 0 radical (unpaired) electrons. The molecule has 3 N–H and O–H groups in total. The van der Waals surface area contributed by atoms with Gasteiger partial charge in [-0.2, -0.15) is 0 Å². The summed E-state index contributed by atoms with van der Waals surface area (Å²) < 4.78 is 5.46. The number of phenols is 1. The van der Waals surface area contributed by atoms with Gasteiger partial charge in [-0.25, -0.2) is 0 Å². The van der Waals surface area contributed by atoms with Crippen LogP contribution in [0.15, 0.2) is 42.5 Å². The second kappa shape index (κ2) is 7.25. The Bertz CT molecular complexity index is 800. The largest absolute Gasteiger partial charge is 0.506 e. The van der Waals surface area contributed by atoms with Gasteiger partial charge in [0.1, 0.15) is 11.5 Å². The van der Waals surface area contributed by atoms with Crippen LogP contribution in [0.1, 0.15) is 18.4 Å². The zero-order chi connectivity index (χ0) is 17.8. The molecule has 0 aromatic heterocycles. The van der Waals surface area contributed by atoms with Crippen molar-refractivity contribution in [2.45, 2.75) is 19.8 Å². The number of rotatable bonds is 6. The number of hydrogen-bond donors (Lipinski definition) is 3. The number of phenolic OH excluding ortho intramolecular Hbond substituents is 1. The number of carbonyl (C=O) groups excluding carboxylic acids is 2. The summed E-state index contributed by atoms with van der Waals surface area (Å²) in [5.41, 5.74) is 1.92. The molecule has 1 aliphatic carbocycles. The molecule has 0 bridgehead atoms. The second-order valence-electron chi connectivity index (χ2n) is 6.15. The summed E-state index contributed by atoms with van der Waals surface area (Å²) in [4.78, 5) is 23.8. The van der Waals surface area contributed by atoms with Crippen molar-refractivity contribution in [3.8, 4) is 11.5 Å². The lowest BCUT2D eigenvalue weighted by Crippen LogP contribution is -2.20. The third-order valence-electron chi connectivity index (χ3n) is 3.85. The number of anilines is 2. The highest BCUT2D eigenvalue weighted by Gasteiger charge is 2.29. The van der Waals surface area contributed by atoms with Gasteiger partial charge in [0.2, 0.25) is 5.91 Å². The van der Waals surface area contributed by atoms with Gasteiger partial charge in [0.25, 0.3) is 5.91 Å². The molecule has 6 nitrogen and oxygen atoms in total. The van der Waals surface area contributed by atoms with Crippen LogP contribution < -0.4 is 15.4 Å². The maximum absolute atomic E-state index is 12.0. The van der Waals surface area contributed by atoms with Crippen molar-refractivity contribution in [2.75, 3.05) is 17.2 Å². The SMILES string of the molecule is Cc1ccc(O)c(NC(=O)COc2cccc(NC(=O)C3CC3)c2)c1. The van der Waals surface area contributed by atoms with Crippen LogP contribution in [-0.4, -0.2) is 23.5 Å². The summed E-state index contributed by atoms with van der Waals surface area (Å²) in [5.74, 6) is 0.247. The van der Waals surface area contributed by atoms with Crippen molar-refractivity contribution >= 4 is 23.2 Å². The van der Waals surface area contributed by atoms with E-state index in [-0.39, 0.29) is 30.1 Å². The predicted octanol–water partition coefficient (Wildman–Crippen LogP) is 3.07. The summed E-state index contributed by atoms with van der Waals surface area (Å²) in [7, 11) is 0. The van der Waals surface area contributed by atoms with Gasteiger partial charge in [0.05, 0.1) is 5.69 Å². The highest BCUT2D eigenvalue weighted by molar-refractivity contribution is 5.94. The van der Waals surface area contributed by atoms with Crippen LogP contribution in [0, 0.1) is 12.8 Å². The molecular formula is C19H20N2O4. The lowest BCUT2D eigenvalue weighted by atomic mass is 10.2. The predicted molar refractivity (Wildman–Crippen MR) is 94.8 cm³/mol. The van der Waals surface area contributed by atoms with Gasteiger partial charge in [0.15, 0.2) is 6.61 Å². The Morgan fingerprint density at radius 2 is 1.96 bits per heavy atom. The summed E-state index contributed by atoms with van der Waals surface area (Å²) in [6, 6.07) is 11.9. The van der Waals surface area contributed by atoms with Crippen LogP contribution in [0.5, 0.6) is 11.5 Å². The minimum absolute atomic E-state index is 0.00346. The fourth-order valence-corrected chi connectivity index (χ4v) is 2.34. The zero-order valence-electron chi connectivity index (χ0n) is 13.9. The molecule has 0 heterocycles. The van der Waals surface area contributed by atoms with Crippen LogP contribution >= 0.6 is 0 Å². The minimum Gasteiger partial charge on any atom is -0.506 e. The van der Waals surface area contributed by atoms with E-state index in [0.29, 0.717) is 17.1 Å². The van der Waals surface area contributed by atoms with Crippen LogP contribution in [0.2, 0.25) is 0 Å². The fraction of sp³-hybridized carbons (Fsp3) is 0.263. The Morgan fingerprint density at radius 1 is 1.16 bits per heavy atom. The molecule has 0 spiro atoms. The van der Waals surface area contributed by atoms with E-state index in [0.717, 1.165) is 18.4 Å². The van der Waals surface area contributed by atoms with Crippen LogP contribution in [0.25, 0.3) is 0 Å².